The molecule has 1 aliphatic heterocycles. The van der Waals surface area contributed by atoms with Crippen LogP contribution in [0.5, 0.6) is 0 Å². The lowest BCUT2D eigenvalue weighted by Crippen LogP contribution is -2.38. The van der Waals surface area contributed by atoms with Gasteiger partial charge in [-0.15, -0.1) is 0 Å². The molecule has 2 aliphatic carbocycles. The van der Waals surface area contributed by atoms with Crippen molar-refractivity contribution >= 4 is 5.97 Å². The molecule has 3 fully saturated rings. The lowest BCUT2D eigenvalue weighted by molar-refractivity contribution is -0.192. The van der Waals surface area contributed by atoms with Crippen molar-refractivity contribution in [2.24, 2.45) is 18.9 Å². The van der Waals surface area contributed by atoms with Crippen molar-refractivity contribution in [3.8, 4) is 0 Å². The first-order valence-corrected chi connectivity index (χ1v) is 8.85. The van der Waals surface area contributed by atoms with Crippen molar-refractivity contribution in [1.29, 1.82) is 0 Å². The van der Waals surface area contributed by atoms with E-state index < -0.39 is 12.1 Å². The molecule has 1 aromatic heterocycles. The summed E-state index contributed by atoms with van der Waals surface area (Å²) in [7, 11) is 1.99. The third kappa shape index (κ3) is 4.97. The Morgan fingerprint density at radius 1 is 1.38 bits per heavy atom. The molecule has 2 heterocycles. The molecule has 0 spiro atoms. The van der Waals surface area contributed by atoms with Crippen LogP contribution in [0.4, 0.5) is 13.2 Å². The van der Waals surface area contributed by atoms with Gasteiger partial charge in [-0.05, 0) is 37.5 Å². The summed E-state index contributed by atoms with van der Waals surface area (Å²) < 4.78 is 39.8. The van der Waals surface area contributed by atoms with Crippen LogP contribution < -0.4 is 0 Å². The number of carboxylic acids is 1. The quantitative estimate of drug-likeness (QED) is 0.856. The number of carbonyl (C=O) groups is 1. The van der Waals surface area contributed by atoms with E-state index in [1.165, 1.54) is 37.8 Å². The number of alkyl halides is 3. The van der Waals surface area contributed by atoms with Gasteiger partial charge < -0.3 is 9.84 Å². The second-order valence-corrected chi connectivity index (χ2v) is 7.46. The summed E-state index contributed by atoms with van der Waals surface area (Å²) in [6.45, 7) is 3.30. The number of halogens is 3. The van der Waals surface area contributed by atoms with Gasteiger partial charge in [-0.1, -0.05) is 0 Å². The van der Waals surface area contributed by atoms with E-state index in [1.54, 1.807) is 0 Å². The Kier molecular flexibility index (Phi) is 5.57. The number of carboxylic acid groups (broad SMARTS) is 1. The Labute approximate surface area is 149 Å². The molecule has 146 valence electrons. The fourth-order valence-corrected chi connectivity index (χ4v) is 3.73. The molecule has 1 aromatic rings. The lowest BCUT2D eigenvalue weighted by atomic mass is 10.1. The third-order valence-electron chi connectivity index (χ3n) is 5.22. The molecule has 9 heteroatoms. The van der Waals surface area contributed by atoms with Crippen LogP contribution in [0.2, 0.25) is 0 Å². The van der Waals surface area contributed by atoms with Gasteiger partial charge in [0.05, 0.1) is 12.3 Å². The van der Waals surface area contributed by atoms with Crippen LogP contribution >= 0.6 is 0 Å². The molecule has 1 saturated heterocycles. The van der Waals surface area contributed by atoms with Gasteiger partial charge >= 0.3 is 12.1 Å². The molecule has 2 saturated carbocycles. The molecule has 3 aliphatic rings. The minimum absolute atomic E-state index is 0.552. The van der Waals surface area contributed by atoms with Gasteiger partial charge in [0, 0.05) is 44.5 Å². The SMILES string of the molecule is Cn1cc(CN2CC3CC2CC3OCC2CC2)cn1.O=C(O)C(F)(F)F. The van der Waals surface area contributed by atoms with Crippen molar-refractivity contribution < 1.29 is 27.8 Å². The van der Waals surface area contributed by atoms with E-state index in [2.05, 4.69) is 16.2 Å². The van der Waals surface area contributed by atoms with Crippen LogP contribution in [0.25, 0.3) is 0 Å². The predicted octanol–water partition coefficient (Wildman–Crippen LogP) is 2.44. The van der Waals surface area contributed by atoms with E-state index in [0.29, 0.717) is 6.10 Å². The van der Waals surface area contributed by atoms with Crippen LogP contribution in [0, 0.1) is 11.8 Å². The molecule has 0 amide bonds. The van der Waals surface area contributed by atoms with Gasteiger partial charge in [-0.2, -0.15) is 18.3 Å². The number of piperidine rings is 1. The number of ether oxygens (including phenoxy) is 1. The van der Waals surface area contributed by atoms with Crippen LogP contribution in [0.3, 0.4) is 0 Å². The molecule has 4 rings (SSSR count). The summed E-state index contributed by atoms with van der Waals surface area (Å²) in [5.74, 6) is -1.08. The summed E-state index contributed by atoms with van der Waals surface area (Å²) in [5, 5.41) is 11.4. The van der Waals surface area contributed by atoms with Crippen molar-refractivity contribution in [3.63, 3.8) is 0 Å². The predicted molar refractivity (Wildman–Crippen MR) is 86.3 cm³/mol. The van der Waals surface area contributed by atoms with Gasteiger partial charge in [-0.25, -0.2) is 4.79 Å². The third-order valence-corrected chi connectivity index (χ3v) is 5.22. The summed E-state index contributed by atoms with van der Waals surface area (Å²) in [6.07, 6.45) is 4.98. The first-order chi connectivity index (χ1) is 12.2. The topological polar surface area (TPSA) is 67.6 Å². The number of hydrogen-bond acceptors (Lipinski definition) is 4. The molecule has 3 unspecified atom stereocenters. The van der Waals surface area contributed by atoms with E-state index in [-0.39, 0.29) is 0 Å². The summed E-state index contributed by atoms with van der Waals surface area (Å²) >= 11 is 0. The van der Waals surface area contributed by atoms with Crippen LogP contribution in [-0.4, -0.2) is 57.2 Å². The number of aryl methyl sites for hydroxylation is 1. The molecule has 3 atom stereocenters. The van der Waals surface area contributed by atoms with Crippen molar-refractivity contribution in [3.05, 3.63) is 18.0 Å². The minimum atomic E-state index is -5.08. The summed E-state index contributed by atoms with van der Waals surface area (Å²) in [4.78, 5) is 11.5. The number of hydrogen-bond donors (Lipinski definition) is 1. The van der Waals surface area contributed by atoms with E-state index in [1.807, 2.05) is 17.9 Å². The van der Waals surface area contributed by atoms with Crippen LogP contribution in [0.1, 0.15) is 31.2 Å². The van der Waals surface area contributed by atoms with Crippen molar-refractivity contribution in [2.45, 2.75) is 50.6 Å². The molecular formula is C17H24F3N3O3. The standard InChI is InChI=1S/C15H23N3O.C2HF3O2/c1-17-7-12(6-16-17)8-18-9-13-4-14(18)5-15(13)19-10-11-2-3-11;3-2(4,5)1(6)7/h6-7,11,13-15H,2-5,8-10H2,1H3;(H,6,7). The Morgan fingerprint density at radius 2 is 2.08 bits per heavy atom. The van der Waals surface area contributed by atoms with E-state index in [0.717, 1.165) is 31.0 Å². The van der Waals surface area contributed by atoms with Crippen molar-refractivity contribution in [2.75, 3.05) is 13.2 Å². The Bertz CT molecular complexity index is 630. The molecule has 26 heavy (non-hydrogen) atoms. The monoisotopic (exact) mass is 375 g/mol. The van der Waals surface area contributed by atoms with Crippen LogP contribution in [-0.2, 0) is 23.1 Å². The minimum Gasteiger partial charge on any atom is -0.475 e. The van der Waals surface area contributed by atoms with E-state index in [9.17, 15) is 13.2 Å². The zero-order valence-corrected chi connectivity index (χ0v) is 14.7. The fourth-order valence-electron chi connectivity index (χ4n) is 3.73. The molecule has 2 bridgehead atoms. The number of fused-ring (bicyclic) bond motifs is 2. The van der Waals surface area contributed by atoms with Gasteiger partial charge in [0.15, 0.2) is 0 Å². The molecule has 0 radical (unpaired) electrons. The average Bonchev–Trinajstić information content (AvgIpc) is 2.98. The second-order valence-electron chi connectivity index (χ2n) is 7.46. The first-order valence-electron chi connectivity index (χ1n) is 8.85. The highest BCUT2D eigenvalue weighted by atomic mass is 19.4. The Balaban J connectivity index is 0.000000242. The van der Waals surface area contributed by atoms with Crippen LogP contribution in [0.15, 0.2) is 12.4 Å². The molecule has 1 N–H and O–H groups in total. The number of aliphatic carboxylic acids is 1. The highest BCUT2D eigenvalue weighted by Crippen LogP contribution is 2.41. The summed E-state index contributed by atoms with van der Waals surface area (Å²) in [6, 6.07) is 0.745. The highest BCUT2D eigenvalue weighted by Gasteiger charge is 2.45. The van der Waals surface area contributed by atoms with Gasteiger partial charge in [0.1, 0.15) is 0 Å². The maximum Gasteiger partial charge on any atom is 0.490 e. The lowest BCUT2D eigenvalue weighted by Gasteiger charge is -2.31. The first kappa shape index (κ1) is 19.2. The Hall–Kier alpha value is -1.61. The van der Waals surface area contributed by atoms with Gasteiger partial charge in [0.2, 0.25) is 0 Å². The number of aromatic nitrogens is 2. The molecular weight excluding hydrogens is 351 g/mol. The molecule has 6 nitrogen and oxygen atoms in total. The van der Waals surface area contributed by atoms with Gasteiger partial charge in [0.25, 0.3) is 0 Å². The van der Waals surface area contributed by atoms with E-state index in [4.69, 9.17) is 14.6 Å². The second kappa shape index (κ2) is 7.56. The smallest absolute Gasteiger partial charge is 0.475 e. The normalized spacial score (nSPS) is 28.1. The zero-order valence-electron chi connectivity index (χ0n) is 14.7. The zero-order chi connectivity index (χ0) is 18.9. The summed E-state index contributed by atoms with van der Waals surface area (Å²) in [5.41, 5.74) is 1.34. The molecule has 0 aromatic carbocycles. The van der Waals surface area contributed by atoms with Gasteiger partial charge in [-0.3, -0.25) is 9.58 Å². The number of likely N-dealkylation sites (tertiary alicyclic amines) is 1. The number of rotatable bonds is 5. The Morgan fingerprint density at radius 3 is 2.54 bits per heavy atom. The largest absolute Gasteiger partial charge is 0.490 e. The highest BCUT2D eigenvalue weighted by molar-refractivity contribution is 5.73. The maximum atomic E-state index is 10.6. The average molecular weight is 375 g/mol. The van der Waals surface area contributed by atoms with Crippen molar-refractivity contribution in [1.82, 2.24) is 14.7 Å². The maximum absolute atomic E-state index is 10.6. The fraction of sp³-hybridized carbons (Fsp3) is 0.765. The number of nitrogens with zero attached hydrogens (tertiary/aromatic N) is 3. The van der Waals surface area contributed by atoms with E-state index >= 15 is 0 Å².